The van der Waals surface area contributed by atoms with Crippen LogP contribution in [0.4, 0.5) is 49.6 Å². The molecule has 0 aliphatic heterocycles. The minimum atomic E-state index is -0.903. The fourth-order valence-electron chi connectivity index (χ4n) is 7.64. The molecule has 0 unspecified atom stereocenters. The highest BCUT2D eigenvalue weighted by Gasteiger charge is 2.09. The van der Waals surface area contributed by atoms with Crippen LogP contribution in [0.2, 0.25) is 5.02 Å². The van der Waals surface area contributed by atoms with Gasteiger partial charge in [-0.25, -0.2) is 43.9 Å². The second-order valence-corrected chi connectivity index (χ2v) is 18.2. The molecule has 0 bridgehead atoms. The van der Waals surface area contributed by atoms with Crippen molar-refractivity contribution in [3.63, 3.8) is 0 Å². The summed E-state index contributed by atoms with van der Waals surface area (Å²) >= 11 is 9.04. The smallest absolute Gasteiger partial charge is 0.159 e. The van der Waals surface area contributed by atoms with Crippen LogP contribution >= 0.6 is 27.5 Å². The summed E-state index contributed by atoms with van der Waals surface area (Å²) in [5.74, 6) is -8.49. The van der Waals surface area contributed by atoms with E-state index in [-0.39, 0.29) is 13.1 Å². The molecule has 11 rings (SSSR count). The zero-order valence-corrected chi connectivity index (χ0v) is 44.3. The van der Waals surface area contributed by atoms with Gasteiger partial charge in [-0.2, -0.15) is 0 Å². The third kappa shape index (κ3) is 16.6. The van der Waals surface area contributed by atoms with Crippen LogP contribution in [-0.2, 0) is 31.5 Å². The Labute approximate surface area is 466 Å². The molecule has 8 aromatic carbocycles. The molecule has 0 spiro atoms. The van der Waals surface area contributed by atoms with E-state index in [1.165, 1.54) is 36.4 Å². The first kappa shape index (κ1) is 59.3. The first-order chi connectivity index (χ1) is 38.6. The van der Waals surface area contributed by atoms with Gasteiger partial charge in [-0.3, -0.25) is 15.0 Å². The first-order valence-electron chi connectivity index (χ1n) is 24.2. The molecule has 0 radical (unpaired) electrons. The predicted octanol–water partition coefficient (Wildman–Crippen LogP) is 16.6. The van der Waals surface area contributed by atoms with E-state index in [0.29, 0.717) is 46.0 Å². The fraction of sp³-hybridized carbons (Fsp3) is 0.0806. The Morgan fingerprint density at radius 3 is 1.49 bits per heavy atom. The summed E-state index contributed by atoms with van der Waals surface area (Å²) in [6.07, 6.45) is 5.24. The number of nitrogens with one attached hydrogen (secondary N) is 1. The van der Waals surface area contributed by atoms with Crippen molar-refractivity contribution < 1.29 is 43.9 Å². The normalized spacial score (nSPS) is 10.9. The first-order valence-corrected chi connectivity index (χ1v) is 25.7. The second kappa shape index (κ2) is 29.0. The zero-order valence-electron chi connectivity index (χ0n) is 42.0. The van der Waals surface area contributed by atoms with Crippen LogP contribution in [0.1, 0.15) is 27.8 Å². The van der Waals surface area contributed by atoms with Crippen molar-refractivity contribution in [1.29, 1.82) is 0 Å². The van der Waals surface area contributed by atoms with E-state index < -0.39 is 58.2 Å². The van der Waals surface area contributed by atoms with Gasteiger partial charge < -0.3 is 15.6 Å². The Bertz CT molecular complexity index is 3900. The summed E-state index contributed by atoms with van der Waals surface area (Å²) in [6.45, 7) is 1.22. The summed E-state index contributed by atoms with van der Waals surface area (Å²) in [5, 5.41) is 8.10. The number of hydrogen-bond acceptors (Lipinski definition) is 5. The molecule has 80 heavy (non-hydrogen) atoms. The van der Waals surface area contributed by atoms with Crippen LogP contribution in [0.5, 0.6) is 0 Å². The molecule has 0 aliphatic carbocycles. The average molecular weight is 1180 g/mol. The van der Waals surface area contributed by atoms with Crippen molar-refractivity contribution in [1.82, 2.24) is 14.5 Å². The SMILES string of the molecule is Clc1ccnc2ccccc12.Fc1ccc(CBr)cc1F.Fc1ccc(CN=c2ccn(Cc3ccc(F)c(F)c3)c3ccccc23)cc1F.Fc1ccc(CNc2ccnc3ccccc23)cc1F.NCc1ccc(F)c(F)c1. The summed E-state index contributed by atoms with van der Waals surface area (Å²) in [7, 11) is 0. The van der Waals surface area contributed by atoms with Crippen LogP contribution in [-0.4, -0.2) is 14.5 Å². The number of para-hydroxylation sites is 3. The van der Waals surface area contributed by atoms with E-state index in [2.05, 4.69) is 36.2 Å². The largest absolute Gasteiger partial charge is 0.380 e. The van der Waals surface area contributed by atoms with Gasteiger partial charge in [0.25, 0.3) is 0 Å². The molecular formula is C62H46BrClF10N6. The number of halogens is 12. The Morgan fingerprint density at radius 1 is 0.463 bits per heavy atom. The summed E-state index contributed by atoms with van der Waals surface area (Å²) < 4.78 is 130. The molecule has 0 fully saturated rings. The Hall–Kier alpha value is -8.38. The van der Waals surface area contributed by atoms with Gasteiger partial charge in [-0.05, 0) is 125 Å². The number of alkyl halides is 1. The average Bonchev–Trinajstić information content (AvgIpc) is 3.52. The summed E-state index contributed by atoms with van der Waals surface area (Å²) in [4.78, 5) is 13.0. The van der Waals surface area contributed by atoms with Crippen molar-refractivity contribution in [2.75, 3.05) is 5.32 Å². The topological polar surface area (TPSA) is 81.1 Å². The molecule has 3 N–H and O–H groups in total. The third-order valence-corrected chi connectivity index (χ3v) is 12.7. The van der Waals surface area contributed by atoms with Crippen molar-refractivity contribution >= 4 is 65.9 Å². The number of hydrogen-bond donors (Lipinski definition) is 2. The minimum Gasteiger partial charge on any atom is -0.380 e. The van der Waals surface area contributed by atoms with Gasteiger partial charge in [0.1, 0.15) is 0 Å². The molecule has 11 aromatic rings. The van der Waals surface area contributed by atoms with Gasteiger partial charge in [0.05, 0.1) is 33.5 Å². The highest BCUT2D eigenvalue weighted by atomic mass is 79.9. The lowest BCUT2D eigenvalue weighted by atomic mass is 10.1. The van der Waals surface area contributed by atoms with Gasteiger partial charge in [-0.15, -0.1) is 0 Å². The van der Waals surface area contributed by atoms with Gasteiger partial charge in [-0.1, -0.05) is 112 Å². The Kier molecular flexibility index (Phi) is 21.5. The number of aromatic nitrogens is 3. The standard InChI is InChI=1S/C23H16F4N2.C16H12F2N2.C9H6ClN.C7H5BrF2.C7H7F2N/c24-18-7-5-15(11-20(18)26)13-28-22-9-10-29(23-4-2-1-3-17(22)23)14-16-6-8-19(25)21(27)12-16;17-13-6-5-11(9-14(13)18)10-20-16-7-8-19-15-4-2-1-3-12(15)16;10-8-5-6-11-9-4-2-1-3-7(8)9;8-4-5-1-2-6(9)7(10)3-5;8-6-2-1-5(4-10)3-7(6)9/h1-12H,13-14H2;1-9H,10H2,(H,19,20);1-6H;1-3H,4H2;1-3H,4,10H2. The van der Waals surface area contributed by atoms with Crippen LogP contribution in [0, 0.1) is 58.2 Å². The number of benzene rings is 8. The second-order valence-electron chi connectivity index (χ2n) is 17.3. The number of anilines is 1. The maximum Gasteiger partial charge on any atom is 0.159 e. The molecule has 18 heteroatoms. The lowest BCUT2D eigenvalue weighted by Gasteiger charge is -2.12. The number of nitrogens with zero attached hydrogens (tertiary/aromatic N) is 4. The molecule has 6 nitrogen and oxygen atoms in total. The predicted molar refractivity (Wildman–Crippen MR) is 298 cm³/mol. The van der Waals surface area contributed by atoms with E-state index in [1.807, 2.05) is 95.7 Å². The lowest BCUT2D eigenvalue weighted by Crippen LogP contribution is -2.11. The van der Waals surface area contributed by atoms with Crippen molar-refractivity contribution in [2.45, 2.75) is 31.5 Å². The number of nitrogens with two attached hydrogens (primary N) is 1. The molecule has 0 aliphatic rings. The van der Waals surface area contributed by atoms with Crippen molar-refractivity contribution in [2.24, 2.45) is 10.7 Å². The molecule has 3 heterocycles. The molecule has 0 amide bonds. The summed E-state index contributed by atoms with van der Waals surface area (Å²) in [6, 6.07) is 47.5. The van der Waals surface area contributed by atoms with E-state index in [0.717, 1.165) is 91.4 Å². The zero-order chi connectivity index (χ0) is 57.1. The van der Waals surface area contributed by atoms with Crippen LogP contribution < -0.4 is 16.4 Å². The molecule has 0 saturated heterocycles. The lowest BCUT2D eigenvalue weighted by molar-refractivity contribution is 0.506. The monoisotopic (exact) mass is 1180 g/mol. The Morgan fingerprint density at radius 2 is 0.912 bits per heavy atom. The summed E-state index contributed by atoms with van der Waals surface area (Å²) in [5.41, 5.74) is 12.0. The third-order valence-electron chi connectivity index (χ3n) is 11.7. The van der Waals surface area contributed by atoms with Crippen LogP contribution in [0.25, 0.3) is 32.7 Å². The highest BCUT2D eigenvalue weighted by molar-refractivity contribution is 9.08. The van der Waals surface area contributed by atoms with Crippen molar-refractivity contribution in [3.8, 4) is 0 Å². The minimum absolute atomic E-state index is 0.203. The fourth-order valence-corrected chi connectivity index (χ4v) is 8.21. The number of fused-ring (bicyclic) bond motifs is 3. The van der Waals surface area contributed by atoms with Gasteiger partial charge in [0, 0.05) is 65.4 Å². The highest BCUT2D eigenvalue weighted by Crippen LogP contribution is 2.23. The van der Waals surface area contributed by atoms with E-state index in [4.69, 9.17) is 17.3 Å². The van der Waals surface area contributed by atoms with Gasteiger partial charge >= 0.3 is 0 Å². The van der Waals surface area contributed by atoms with E-state index in [1.54, 1.807) is 30.6 Å². The molecule has 0 atom stereocenters. The Balaban J connectivity index is 0.000000156. The maximum absolute atomic E-state index is 13.5. The van der Waals surface area contributed by atoms with E-state index >= 15 is 0 Å². The number of rotatable bonds is 9. The molecule has 0 saturated carbocycles. The van der Waals surface area contributed by atoms with Crippen molar-refractivity contribution in [3.05, 3.63) is 297 Å². The maximum atomic E-state index is 13.5. The van der Waals surface area contributed by atoms with Gasteiger partial charge in [0.2, 0.25) is 0 Å². The quantitative estimate of drug-likeness (QED) is 0.111. The number of pyridine rings is 3. The molecule has 3 aromatic heterocycles. The van der Waals surface area contributed by atoms with Gasteiger partial charge in [0.15, 0.2) is 58.2 Å². The molecule has 408 valence electrons. The van der Waals surface area contributed by atoms with Crippen LogP contribution in [0.3, 0.4) is 0 Å². The van der Waals surface area contributed by atoms with Crippen LogP contribution in [0.15, 0.2) is 206 Å². The molecular weight excluding hydrogens is 1130 g/mol. The van der Waals surface area contributed by atoms with E-state index in [9.17, 15) is 43.9 Å².